The third kappa shape index (κ3) is 4.54. The lowest BCUT2D eigenvalue weighted by molar-refractivity contribution is 0.0954. The number of para-hydroxylation sites is 1. The van der Waals surface area contributed by atoms with Crippen LogP contribution in [0.1, 0.15) is 35.7 Å². The molecule has 3 rings (SSSR count). The smallest absolute Gasteiger partial charge is 0.251 e. The van der Waals surface area contributed by atoms with Crippen LogP contribution in [0.2, 0.25) is 0 Å². The van der Waals surface area contributed by atoms with E-state index in [9.17, 15) is 4.79 Å². The van der Waals surface area contributed by atoms with Gasteiger partial charge in [0.05, 0.1) is 7.11 Å². The number of methoxy groups -OCH3 is 1. The summed E-state index contributed by atoms with van der Waals surface area (Å²) in [5, 5.41) is 3.00. The number of amides is 1. The highest BCUT2D eigenvalue weighted by atomic mass is 16.5. The van der Waals surface area contributed by atoms with Crippen LogP contribution in [0.15, 0.2) is 42.6 Å². The van der Waals surface area contributed by atoms with Crippen LogP contribution in [0.5, 0.6) is 5.75 Å². The van der Waals surface area contributed by atoms with Gasteiger partial charge in [0, 0.05) is 31.4 Å². The molecule has 0 radical (unpaired) electrons. The summed E-state index contributed by atoms with van der Waals surface area (Å²) in [7, 11) is 1.66. The molecule has 1 aliphatic heterocycles. The Morgan fingerprint density at radius 1 is 1.27 bits per heavy atom. The number of piperidine rings is 1. The zero-order chi connectivity index (χ0) is 18.4. The summed E-state index contributed by atoms with van der Waals surface area (Å²) in [4.78, 5) is 19.2. The lowest BCUT2D eigenvalue weighted by Gasteiger charge is -2.31. The Labute approximate surface area is 155 Å². The SMILES string of the molecule is COc1ccccc1CCNC(=O)c1ccnc(N2CCC(C)CC2)c1. The molecular weight excluding hydrogens is 326 g/mol. The minimum absolute atomic E-state index is 0.0612. The molecule has 0 saturated carbocycles. The van der Waals surface area contributed by atoms with Crippen molar-refractivity contribution in [1.29, 1.82) is 0 Å². The molecule has 1 aromatic heterocycles. The molecule has 1 amide bonds. The molecule has 0 unspecified atom stereocenters. The Morgan fingerprint density at radius 3 is 2.81 bits per heavy atom. The second kappa shape index (κ2) is 8.70. The lowest BCUT2D eigenvalue weighted by atomic mass is 9.99. The van der Waals surface area contributed by atoms with Crippen molar-refractivity contribution in [3.05, 3.63) is 53.7 Å². The summed E-state index contributed by atoms with van der Waals surface area (Å²) in [6.07, 6.45) is 4.81. The number of pyridine rings is 1. The van der Waals surface area contributed by atoms with Crippen molar-refractivity contribution in [3.8, 4) is 5.75 Å². The number of ether oxygens (including phenoxy) is 1. The number of nitrogens with zero attached hydrogens (tertiary/aromatic N) is 2. The molecule has 2 aromatic rings. The van der Waals surface area contributed by atoms with E-state index in [1.165, 1.54) is 12.8 Å². The molecule has 0 bridgehead atoms. The Kier molecular flexibility index (Phi) is 6.10. The maximum absolute atomic E-state index is 12.5. The predicted molar refractivity (Wildman–Crippen MR) is 104 cm³/mol. The molecule has 1 fully saturated rings. The lowest BCUT2D eigenvalue weighted by Crippen LogP contribution is -2.33. The van der Waals surface area contributed by atoms with Crippen molar-refractivity contribution in [2.75, 3.05) is 31.6 Å². The summed E-state index contributed by atoms with van der Waals surface area (Å²) in [6, 6.07) is 11.6. The van der Waals surface area contributed by atoms with E-state index >= 15 is 0 Å². The average molecular weight is 353 g/mol. The molecule has 1 saturated heterocycles. The van der Waals surface area contributed by atoms with Gasteiger partial charge in [-0.2, -0.15) is 0 Å². The van der Waals surface area contributed by atoms with Crippen LogP contribution in [0.4, 0.5) is 5.82 Å². The molecule has 1 aliphatic rings. The van der Waals surface area contributed by atoms with Crippen molar-refractivity contribution in [3.63, 3.8) is 0 Å². The third-order valence-corrected chi connectivity index (χ3v) is 4.99. The first-order valence-corrected chi connectivity index (χ1v) is 9.28. The second-order valence-electron chi connectivity index (χ2n) is 6.89. The highest BCUT2D eigenvalue weighted by Crippen LogP contribution is 2.22. The van der Waals surface area contributed by atoms with E-state index in [1.807, 2.05) is 30.3 Å². The normalized spacial score (nSPS) is 14.9. The maximum Gasteiger partial charge on any atom is 0.251 e. The van der Waals surface area contributed by atoms with E-state index in [2.05, 4.69) is 22.1 Å². The number of carbonyl (C=O) groups is 1. The highest BCUT2D eigenvalue weighted by molar-refractivity contribution is 5.94. The van der Waals surface area contributed by atoms with Crippen molar-refractivity contribution in [2.24, 2.45) is 5.92 Å². The van der Waals surface area contributed by atoms with Gasteiger partial charge in [0.25, 0.3) is 5.91 Å². The average Bonchev–Trinajstić information content (AvgIpc) is 2.69. The number of hydrogen-bond donors (Lipinski definition) is 1. The Hall–Kier alpha value is -2.56. The summed E-state index contributed by atoms with van der Waals surface area (Å²) in [5.74, 6) is 2.46. The van der Waals surface area contributed by atoms with Gasteiger partial charge in [-0.15, -0.1) is 0 Å². The Morgan fingerprint density at radius 2 is 2.04 bits per heavy atom. The molecular formula is C21H27N3O2. The largest absolute Gasteiger partial charge is 0.496 e. The summed E-state index contributed by atoms with van der Waals surface area (Å²) in [6.45, 7) is 4.87. The molecule has 5 heteroatoms. The number of aromatic nitrogens is 1. The molecule has 0 atom stereocenters. The van der Waals surface area contributed by atoms with Gasteiger partial charge in [0.15, 0.2) is 0 Å². The van der Waals surface area contributed by atoms with Crippen LogP contribution in [-0.2, 0) is 6.42 Å². The summed E-state index contributed by atoms with van der Waals surface area (Å²) < 4.78 is 5.35. The van der Waals surface area contributed by atoms with E-state index < -0.39 is 0 Å². The molecule has 1 aromatic carbocycles. The van der Waals surface area contributed by atoms with Gasteiger partial charge in [-0.05, 0) is 48.9 Å². The first-order valence-electron chi connectivity index (χ1n) is 9.28. The van der Waals surface area contributed by atoms with Gasteiger partial charge in [-0.25, -0.2) is 4.98 Å². The number of rotatable bonds is 6. The zero-order valence-corrected chi connectivity index (χ0v) is 15.6. The van der Waals surface area contributed by atoms with E-state index in [1.54, 1.807) is 19.4 Å². The van der Waals surface area contributed by atoms with Gasteiger partial charge >= 0.3 is 0 Å². The zero-order valence-electron chi connectivity index (χ0n) is 15.6. The van der Waals surface area contributed by atoms with Crippen LogP contribution in [0, 0.1) is 5.92 Å². The summed E-state index contributed by atoms with van der Waals surface area (Å²) >= 11 is 0. The fraction of sp³-hybridized carbons (Fsp3) is 0.429. The number of anilines is 1. The van der Waals surface area contributed by atoms with Crippen LogP contribution in [-0.4, -0.2) is 37.6 Å². The van der Waals surface area contributed by atoms with E-state index in [4.69, 9.17) is 4.74 Å². The van der Waals surface area contributed by atoms with Gasteiger partial charge in [-0.1, -0.05) is 25.1 Å². The van der Waals surface area contributed by atoms with Crippen molar-refractivity contribution < 1.29 is 9.53 Å². The van der Waals surface area contributed by atoms with Crippen LogP contribution in [0.3, 0.4) is 0 Å². The van der Waals surface area contributed by atoms with Crippen LogP contribution >= 0.6 is 0 Å². The molecule has 0 aliphatic carbocycles. The Balaban J connectivity index is 1.57. The van der Waals surface area contributed by atoms with E-state index in [0.717, 1.165) is 42.6 Å². The minimum Gasteiger partial charge on any atom is -0.496 e. The first-order chi connectivity index (χ1) is 12.7. The van der Waals surface area contributed by atoms with Crippen LogP contribution < -0.4 is 15.0 Å². The monoisotopic (exact) mass is 353 g/mol. The van der Waals surface area contributed by atoms with E-state index in [-0.39, 0.29) is 5.91 Å². The predicted octanol–water partition coefficient (Wildman–Crippen LogP) is 3.30. The number of hydrogen-bond acceptors (Lipinski definition) is 4. The molecule has 1 N–H and O–H groups in total. The van der Waals surface area contributed by atoms with Crippen LogP contribution in [0.25, 0.3) is 0 Å². The topological polar surface area (TPSA) is 54.5 Å². The first kappa shape index (κ1) is 18.2. The van der Waals surface area contributed by atoms with Gasteiger partial charge in [-0.3, -0.25) is 4.79 Å². The number of carbonyl (C=O) groups excluding carboxylic acids is 1. The highest BCUT2D eigenvalue weighted by Gasteiger charge is 2.18. The quantitative estimate of drug-likeness (QED) is 0.866. The molecule has 138 valence electrons. The maximum atomic E-state index is 12.5. The van der Waals surface area contributed by atoms with Gasteiger partial charge in [0.1, 0.15) is 11.6 Å². The van der Waals surface area contributed by atoms with Gasteiger partial charge in [0.2, 0.25) is 0 Å². The van der Waals surface area contributed by atoms with Crippen molar-refractivity contribution in [1.82, 2.24) is 10.3 Å². The Bertz CT molecular complexity index is 740. The van der Waals surface area contributed by atoms with Crippen molar-refractivity contribution >= 4 is 11.7 Å². The summed E-state index contributed by atoms with van der Waals surface area (Å²) in [5.41, 5.74) is 1.75. The fourth-order valence-electron chi connectivity index (χ4n) is 3.29. The van der Waals surface area contributed by atoms with Crippen molar-refractivity contribution in [2.45, 2.75) is 26.2 Å². The second-order valence-corrected chi connectivity index (χ2v) is 6.89. The fourth-order valence-corrected chi connectivity index (χ4v) is 3.29. The van der Waals surface area contributed by atoms with E-state index in [0.29, 0.717) is 12.1 Å². The minimum atomic E-state index is -0.0612. The molecule has 2 heterocycles. The standard InChI is InChI=1S/C21H27N3O2/c1-16-9-13-24(14-10-16)20-15-18(8-11-22-20)21(25)23-12-7-17-5-3-4-6-19(17)26-2/h3-6,8,11,15-16H,7,9-10,12-14H2,1-2H3,(H,23,25). The molecule has 5 nitrogen and oxygen atoms in total. The molecule has 26 heavy (non-hydrogen) atoms. The molecule has 0 spiro atoms. The number of nitrogens with one attached hydrogen (secondary N) is 1. The van der Waals surface area contributed by atoms with Gasteiger partial charge < -0.3 is 15.0 Å². The third-order valence-electron chi connectivity index (χ3n) is 4.99. The number of benzene rings is 1.